The summed E-state index contributed by atoms with van der Waals surface area (Å²) in [7, 11) is 0. The van der Waals surface area contributed by atoms with Crippen LogP contribution in [0, 0.1) is 5.41 Å². The quantitative estimate of drug-likeness (QED) is 0.742. The van der Waals surface area contributed by atoms with Gasteiger partial charge in [0.15, 0.2) is 0 Å². The van der Waals surface area contributed by atoms with Crippen LogP contribution in [-0.4, -0.2) is 30.7 Å². The standard InChI is InChI=1S/C12H24N2O2/c1-11(2,3)9(13)10(15)14-12(4)6-5-7-16-8-12/h9H,5-8,13H2,1-4H3,(H,14,15)/t9-,12?/m1/s1. The normalized spacial score (nSPS) is 28.6. The van der Waals surface area contributed by atoms with E-state index in [1.807, 2.05) is 27.7 Å². The molecule has 1 aliphatic rings. The Hall–Kier alpha value is -0.610. The van der Waals surface area contributed by atoms with Crippen LogP contribution in [0.1, 0.15) is 40.5 Å². The predicted octanol–water partition coefficient (Wildman–Crippen LogP) is 1.05. The Morgan fingerprint density at radius 1 is 1.50 bits per heavy atom. The summed E-state index contributed by atoms with van der Waals surface area (Å²) in [5.41, 5.74) is 5.45. The fourth-order valence-electron chi connectivity index (χ4n) is 1.80. The van der Waals surface area contributed by atoms with Crippen molar-refractivity contribution in [3.63, 3.8) is 0 Å². The van der Waals surface area contributed by atoms with Crippen molar-refractivity contribution in [2.45, 2.75) is 52.1 Å². The molecule has 0 aromatic rings. The summed E-state index contributed by atoms with van der Waals surface area (Å²) in [6.45, 7) is 9.29. The molecule has 16 heavy (non-hydrogen) atoms. The van der Waals surface area contributed by atoms with Crippen molar-refractivity contribution >= 4 is 5.91 Å². The molecule has 1 aliphatic heterocycles. The SMILES string of the molecule is CC1(NC(=O)[C@@H](N)C(C)(C)C)CCCOC1. The number of carbonyl (C=O) groups is 1. The monoisotopic (exact) mass is 228 g/mol. The zero-order valence-corrected chi connectivity index (χ0v) is 10.8. The molecular formula is C12H24N2O2. The lowest BCUT2D eigenvalue weighted by Crippen LogP contribution is -2.58. The van der Waals surface area contributed by atoms with Gasteiger partial charge in [-0.15, -0.1) is 0 Å². The third-order valence-electron chi connectivity index (χ3n) is 3.08. The molecule has 94 valence electrons. The van der Waals surface area contributed by atoms with Crippen molar-refractivity contribution in [1.82, 2.24) is 5.32 Å². The van der Waals surface area contributed by atoms with E-state index in [1.165, 1.54) is 0 Å². The number of nitrogens with one attached hydrogen (secondary N) is 1. The number of amides is 1. The first-order valence-electron chi connectivity index (χ1n) is 5.90. The van der Waals surface area contributed by atoms with Gasteiger partial charge in [0.2, 0.25) is 5.91 Å². The average molecular weight is 228 g/mol. The second-order valence-electron chi connectivity index (χ2n) is 6.05. The highest BCUT2D eigenvalue weighted by molar-refractivity contribution is 5.83. The Kier molecular flexibility index (Phi) is 3.97. The molecule has 1 saturated heterocycles. The number of nitrogens with two attached hydrogens (primary N) is 1. The van der Waals surface area contributed by atoms with Crippen LogP contribution in [0.5, 0.6) is 0 Å². The molecule has 0 aliphatic carbocycles. The van der Waals surface area contributed by atoms with Crippen molar-refractivity contribution in [2.24, 2.45) is 11.1 Å². The Balaban J connectivity index is 2.56. The van der Waals surface area contributed by atoms with Gasteiger partial charge >= 0.3 is 0 Å². The van der Waals surface area contributed by atoms with E-state index in [0.29, 0.717) is 6.61 Å². The molecule has 0 bridgehead atoms. The number of hydrogen-bond acceptors (Lipinski definition) is 3. The molecule has 1 unspecified atom stereocenters. The number of rotatable bonds is 2. The molecule has 0 aromatic carbocycles. The first-order valence-corrected chi connectivity index (χ1v) is 5.90. The van der Waals surface area contributed by atoms with E-state index < -0.39 is 6.04 Å². The molecule has 1 fully saturated rings. The molecule has 4 nitrogen and oxygen atoms in total. The van der Waals surface area contributed by atoms with E-state index in [1.54, 1.807) is 0 Å². The minimum Gasteiger partial charge on any atom is -0.379 e. The molecule has 0 spiro atoms. The fraction of sp³-hybridized carbons (Fsp3) is 0.917. The lowest BCUT2D eigenvalue weighted by Gasteiger charge is -2.37. The molecule has 1 heterocycles. The van der Waals surface area contributed by atoms with Crippen LogP contribution in [0.4, 0.5) is 0 Å². The highest BCUT2D eigenvalue weighted by Gasteiger charge is 2.34. The first kappa shape index (κ1) is 13.5. The average Bonchev–Trinajstić information content (AvgIpc) is 2.15. The van der Waals surface area contributed by atoms with Gasteiger partial charge in [0, 0.05) is 6.61 Å². The Bertz CT molecular complexity index is 252. The predicted molar refractivity (Wildman–Crippen MR) is 64.0 cm³/mol. The molecular weight excluding hydrogens is 204 g/mol. The topological polar surface area (TPSA) is 64.4 Å². The van der Waals surface area contributed by atoms with Crippen molar-refractivity contribution < 1.29 is 9.53 Å². The molecule has 1 rings (SSSR count). The Morgan fingerprint density at radius 2 is 2.12 bits per heavy atom. The summed E-state index contributed by atoms with van der Waals surface area (Å²) < 4.78 is 5.40. The van der Waals surface area contributed by atoms with Crippen LogP contribution < -0.4 is 11.1 Å². The van der Waals surface area contributed by atoms with Gasteiger partial charge in [-0.25, -0.2) is 0 Å². The van der Waals surface area contributed by atoms with Crippen LogP contribution in [0.2, 0.25) is 0 Å². The van der Waals surface area contributed by atoms with Gasteiger partial charge in [0.05, 0.1) is 18.2 Å². The van der Waals surface area contributed by atoms with E-state index in [4.69, 9.17) is 10.5 Å². The van der Waals surface area contributed by atoms with Crippen LogP contribution in [0.15, 0.2) is 0 Å². The van der Waals surface area contributed by atoms with Gasteiger partial charge < -0.3 is 15.8 Å². The van der Waals surface area contributed by atoms with Crippen molar-refractivity contribution in [2.75, 3.05) is 13.2 Å². The van der Waals surface area contributed by atoms with Crippen LogP contribution >= 0.6 is 0 Å². The third-order valence-corrected chi connectivity index (χ3v) is 3.08. The van der Waals surface area contributed by atoms with Gasteiger partial charge in [0.1, 0.15) is 0 Å². The van der Waals surface area contributed by atoms with Gasteiger partial charge in [0.25, 0.3) is 0 Å². The molecule has 1 amide bonds. The van der Waals surface area contributed by atoms with Crippen LogP contribution in [-0.2, 0) is 9.53 Å². The highest BCUT2D eigenvalue weighted by atomic mass is 16.5. The number of ether oxygens (including phenoxy) is 1. The maximum Gasteiger partial charge on any atom is 0.237 e. The third kappa shape index (κ3) is 3.46. The zero-order valence-electron chi connectivity index (χ0n) is 10.8. The summed E-state index contributed by atoms with van der Waals surface area (Å²) in [4.78, 5) is 12.0. The molecule has 0 saturated carbocycles. The maximum atomic E-state index is 12.0. The Morgan fingerprint density at radius 3 is 2.56 bits per heavy atom. The van der Waals surface area contributed by atoms with Crippen LogP contribution in [0.25, 0.3) is 0 Å². The lowest BCUT2D eigenvalue weighted by molar-refractivity contribution is -0.128. The summed E-state index contributed by atoms with van der Waals surface area (Å²) in [5.74, 6) is -0.0829. The van der Waals surface area contributed by atoms with Crippen molar-refractivity contribution in [3.8, 4) is 0 Å². The maximum absolute atomic E-state index is 12.0. The molecule has 4 heteroatoms. The number of carbonyl (C=O) groups excluding carboxylic acids is 1. The molecule has 3 N–H and O–H groups in total. The minimum atomic E-state index is -0.480. The lowest BCUT2D eigenvalue weighted by atomic mass is 9.85. The van der Waals surface area contributed by atoms with Gasteiger partial charge in [-0.05, 0) is 25.2 Å². The van der Waals surface area contributed by atoms with E-state index in [0.717, 1.165) is 19.4 Å². The van der Waals surface area contributed by atoms with Gasteiger partial charge in [-0.2, -0.15) is 0 Å². The zero-order chi connectivity index (χ0) is 12.4. The van der Waals surface area contributed by atoms with Gasteiger partial charge in [-0.1, -0.05) is 20.8 Å². The molecule has 2 atom stereocenters. The summed E-state index contributed by atoms with van der Waals surface area (Å²) in [6.07, 6.45) is 1.94. The largest absolute Gasteiger partial charge is 0.379 e. The van der Waals surface area contributed by atoms with E-state index in [-0.39, 0.29) is 16.9 Å². The van der Waals surface area contributed by atoms with Gasteiger partial charge in [-0.3, -0.25) is 4.79 Å². The first-order chi connectivity index (χ1) is 7.25. The molecule has 0 aromatic heterocycles. The number of hydrogen-bond donors (Lipinski definition) is 2. The second kappa shape index (κ2) is 4.72. The molecule has 0 radical (unpaired) electrons. The highest BCUT2D eigenvalue weighted by Crippen LogP contribution is 2.21. The van der Waals surface area contributed by atoms with Crippen LogP contribution in [0.3, 0.4) is 0 Å². The van der Waals surface area contributed by atoms with E-state index >= 15 is 0 Å². The van der Waals surface area contributed by atoms with Crippen molar-refractivity contribution in [1.29, 1.82) is 0 Å². The summed E-state index contributed by atoms with van der Waals surface area (Å²) in [5, 5.41) is 3.01. The summed E-state index contributed by atoms with van der Waals surface area (Å²) in [6, 6.07) is -0.480. The summed E-state index contributed by atoms with van der Waals surface area (Å²) >= 11 is 0. The van der Waals surface area contributed by atoms with E-state index in [9.17, 15) is 4.79 Å². The fourth-order valence-corrected chi connectivity index (χ4v) is 1.80. The van der Waals surface area contributed by atoms with E-state index in [2.05, 4.69) is 5.32 Å². The smallest absolute Gasteiger partial charge is 0.237 e. The van der Waals surface area contributed by atoms with Crippen molar-refractivity contribution in [3.05, 3.63) is 0 Å². The Labute approximate surface area is 97.9 Å². The minimum absolute atomic E-state index is 0.0829. The second-order valence-corrected chi connectivity index (χ2v) is 6.05.